The molecule has 1 aliphatic carbocycles. The van der Waals surface area contributed by atoms with Crippen molar-refractivity contribution in [3.05, 3.63) is 18.2 Å². The van der Waals surface area contributed by atoms with Gasteiger partial charge in [-0.2, -0.15) is 0 Å². The molecule has 84 valence electrons. The van der Waals surface area contributed by atoms with Crippen molar-refractivity contribution in [2.75, 3.05) is 0 Å². The molecule has 2 N–H and O–H groups in total. The number of nitrogens with zero attached hydrogens (tertiary/aromatic N) is 2. The van der Waals surface area contributed by atoms with Gasteiger partial charge in [-0.25, -0.2) is 4.98 Å². The molecule has 0 aliphatic heterocycles. The Morgan fingerprint density at radius 2 is 2.27 bits per heavy atom. The molecule has 1 aliphatic rings. The summed E-state index contributed by atoms with van der Waals surface area (Å²) in [6, 6.07) is 0.606. The molecule has 1 saturated carbocycles. The average Bonchev–Trinajstić information content (AvgIpc) is 2.70. The highest BCUT2D eigenvalue weighted by atomic mass is 15.1. The van der Waals surface area contributed by atoms with E-state index in [9.17, 15) is 0 Å². The van der Waals surface area contributed by atoms with Crippen LogP contribution >= 0.6 is 0 Å². The third-order valence-corrected chi connectivity index (χ3v) is 3.98. The van der Waals surface area contributed by atoms with Gasteiger partial charge in [-0.15, -0.1) is 0 Å². The summed E-state index contributed by atoms with van der Waals surface area (Å²) in [5.74, 6) is 1.55. The molecule has 0 saturated heterocycles. The molecule has 1 aromatic rings. The molecule has 15 heavy (non-hydrogen) atoms. The van der Waals surface area contributed by atoms with Crippen molar-refractivity contribution in [3.63, 3.8) is 0 Å². The quantitative estimate of drug-likeness (QED) is 0.809. The van der Waals surface area contributed by atoms with Gasteiger partial charge in [-0.1, -0.05) is 26.7 Å². The highest BCUT2D eigenvalue weighted by molar-refractivity contribution is 5.01. The van der Waals surface area contributed by atoms with E-state index in [1.165, 1.54) is 25.0 Å². The predicted molar refractivity (Wildman–Crippen MR) is 61.3 cm³/mol. The van der Waals surface area contributed by atoms with Gasteiger partial charge in [0.05, 0.1) is 12.0 Å². The number of rotatable bonds is 2. The van der Waals surface area contributed by atoms with E-state index < -0.39 is 0 Å². The van der Waals surface area contributed by atoms with Crippen LogP contribution in [0.15, 0.2) is 12.5 Å². The van der Waals surface area contributed by atoms with Crippen LogP contribution in [-0.2, 0) is 6.54 Å². The van der Waals surface area contributed by atoms with Crippen molar-refractivity contribution in [2.24, 2.45) is 17.6 Å². The van der Waals surface area contributed by atoms with Crippen molar-refractivity contribution >= 4 is 0 Å². The van der Waals surface area contributed by atoms with Crippen LogP contribution in [0.3, 0.4) is 0 Å². The Labute approximate surface area is 91.7 Å². The fourth-order valence-corrected chi connectivity index (χ4v) is 2.74. The summed E-state index contributed by atoms with van der Waals surface area (Å²) >= 11 is 0. The minimum atomic E-state index is 0.595. The van der Waals surface area contributed by atoms with Crippen LogP contribution in [0.4, 0.5) is 0 Å². The molecule has 3 heteroatoms. The summed E-state index contributed by atoms with van der Waals surface area (Å²) in [6.07, 6.45) is 7.81. The van der Waals surface area contributed by atoms with E-state index in [1.54, 1.807) is 0 Å². The van der Waals surface area contributed by atoms with Crippen molar-refractivity contribution in [2.45, 2.75) is 45.7 Å². The minimum Gasteiger partial charge on any atom is -0.330 e. The Morgan fingerprint density at radius 1 is 1.47 bits per heavy atom. The first kappa shape index (κ1) is 10.7. The molecule has 3 atom stereocenters. The highest BCUT2D eigenvalue weighted by Crippen LogP contribution is 2.37. The molecule has 0 bridgehead atoms. The zero-order chi connectivity index (χ0) is 10.8. The van der Waals surface area contributed by atoms with Gasteiger partial charge in [0.2, 0.25) is 0 Å². The van der Waals surface area contributed by atoms with Gasteiger partial charge in [0.15, 0.2) is 0 Å². The van der Waals surface area contributed by atoms with Gasteiger partial charge in [0.25, 0.3) is 0 Å². The molecule has 1 fully saturated rings. The Hall–Kier alpha value is -0.830. The molecule has 1 heterocycles. The number of imidazole rings is 1. The van der Waals surface area contributed by atoms with Gasteiger partial charge in [0.1, 0.15) is 0 Å². The first-order valence-corrected chi connectivity index (χ1v) is 5.94. The average molecular weight is 207 g/mol. The van der Waals surface area contributed by atoms with Crippen LogP contribution < -0.4 is 5.73 Å². The normalized spacial score (nSPS) is 31.8. The second-order valence-corrected chi connectivity index (χ2v) is 4.83. The Morgan fingerprint density at radius 3 is 3.00 bits per heavy atom. The monoisotopic (exact) mass is 207 g/mol. The van der Waals surface area contributed by atoms with Gasteiger partial charge < -0.3 is 10.3 Å². The molecule has 2 rings (SSSR count). The first-order chi connectivity index (χ1) is 7.24. The smallest absolute Gasteiger partial charge is 0.0951 e. The van der Waals surface area contributed by atoms with Gasteiger partial charge in [-0.05, 0) is 18.3 Å². The van der Waals surface area contributed by atoms with E-state index >= 15 is 0 Å². The van der Waals surface area contributed by atoms with E-state index in [-0.39, 0.29) is 0 Å². The van der Waals surface area contributed by atoms with Gasteiger partial charge in [-0.3, -0.25) is 0 Å². The summed E-state index contributed by atoms with van der Waals surface area (Å²) in [7, 11) is 0. The van der Waals surface area contributed by atoms with E-state index in [0.29, 0.717) is 12.6 Å². The Balaban J connectivity index is 2.22. The van der Waals surface area contributed by atoms with E-state index in [0.717, 1.165) is 11.8 Å². The van der Waals surface area contributed by atoms with Crippen LogP contribution in [0.25, 0.3) is 0 Å². The zero-order valence-corrected chi connectivity index (χ0v) is 9.69. The first-order valence-electron chi connectivity index (χ1n) is 5.94. The van der Waals surface area contributed by atoms with Crippen molar-refractivity contribution in [1.29, 1.82) is 0 Å². The summed E-state index contributed by atoms with van der Waals surface area (Å²) in [4.78, 5) is 4.21. The molecule has 0 radical (unpaired) electrons. The zero-order valence-electron chi connectivity index (χ0n) is 9.69. The standard InChI is InChI=1S/C12H21N3/c1-9-4-3-5-12(10(9)2)15-8-14-7-11(15)6-13/h7-10,12H,3-6,13H2,1-2H3. The molecule has 3 unspecified atom stereocenters. The lowest BCUT2D eigenvalue weighted by Crippen LogP contribution is -2.28. The maximum atomic E-state index is 5.72. The molecule has 0 aromatic carbocycles. The van der Waals surface area contributed by atoms with Crippen LogP contribution in [0.1, 0.15) is 44.8 Å². The fraction of sp³-hybridized carbons (Fsp3) is 0.750. The van der Waals surface area contributed by atoms with Crippen molar-refractivity contribution < 1.29 is 0 Å². The van der Waals surface area contributed by atoms with E-state index in [2.05, 4.69) is 23.4 Å². The second kappa shape index (κ2) is 4.35. The SMILES string of the molecule is CC1CCCC(n2cncc2CN)C1C. The molecular formula is C12H21N3. The lowest BCUT2D eigenvalue weighted by atomic mass is 9.78. The number of nitrogens with two attached hydrogens (primary N) is 1. The lowest BCUT2D eigenvalue weighted by molar-refractivity contribution is 0.183. The lowest BCUT2D eigenvalue weighted by Gasteiger charge is -2.35. The van der Waals surface area contributed by atoms with Crippen molar-refractivity contribution in [1.82, 2.24) is 9.55 Å². The van der Waals surface area contributed by atoms with Gasteiger partial charge in [0, 0.05) is 18.8 Å². The third-order valence-electron chi connectivity index (χ3n) is 3.98. The largest absolute Gasteiger partial charge is 0.330 e. The summed E-state index contributed by atoms with van der Waals surface area (Å²) in [6.45, 7) is 5.31. The van der Waals surface area contributed by atoms with Crippen LogP contribution in [-0.4, -0.2) is 9.55 Å². The minimum absolute atomic E-state index is 0.595. The third kappa shape index (κ3) is 1.93. The Bertz CT molecular complexity index is 318. The van der Waals surface area contributed by atoms with Crippen LogP contribution in [0, 0.1) is 11.8 Å². The molecule has 3 nitrogen and oxygen atoms in total. The highest BCUT2D eigenvalue weighted by Gasteiger charge is 2.28. The van der Waals surface area contributed by atoms with Gasteiger partial charge >= 0.3 is 0 Å². The maximum Gasteiger partial charge on any atom is 0.0951 e. The maximum absolute atomic E-state index is 5.72. The molecule has 1 aromatic heterocycles. The molecule has 0 amide bonds. The number of aromatic nitrogens is 2. The summed E-state index contributed by atoms with van der Waals surface area (Å²) in [5, 5.41) is 0. The number of hydrogen-bond donors (Lipinski definition) is 1. The molecular weight excluding hydrogens is 186 g/mol. The summed E-state index contributed by atoms with van der Waals surface area (Å²) < 4.78 is 2.29. The fourth-order valence-electron chi connectivity index (χ4n) is 2.74. The van der Waals surface area contributed by atoms with E-state index in [4.69, 9.17) is 5.73 Å². The number of hydrogen-bond acceptors (Lipinski definition) is 2. The summed E-state index contributed by atoms with van der Waals surface area (Å²) in [5.41, 5.74) is 6.89. The van der Waals surface area contributed by atoms with E-state index in [1.807, 2.05) is 12.5 Å². The van der Waals surface area contributed by atoms with Crippen molar-refractivity contribution in [3.8, 4) is 0 Å². The van der Waals surface area contributed by atoms with Crippen LogP contribution in [0.2, 0.25) is 0 Å². The van der Waals surface area contributed by atoms with Crippen LogP contribution in [0.5, 0.6) is 0 Å². The predicted octanol–water partition coefficient (Wildman–Crippen LogP) is 2.34. The topological polar surface area (TPSA) is 43.8 Å². The second-order valence-electron chi connectivity index (χ2n) is 4.83. The Kier molecular flexibility index (Phi) is 3.10. The molecule has 0 spiro atoms.